The van der Waals surface area contributed by atoms with Crippen LogP contribution in [0.1, 0.15) is 106 Å². The Morgan fingerprint density at radius 1 is 0.868 bits per heavy atom. The minimum atomic E-state index is -1.89. The van der Waals surface area contributed by atoms with Gasteiger partial charge in [0.1, 0.15) is 0 Å². The van der Waals surface area contributed by atoms with E-state index < -0.39 is 8.32 Å². The Kier molecular flexibility index (Phi) is 7.53. The number of carbonyl (C=O) groups is 1. The third kappa shape index (κ3) is 4.35. The van der Waals surface area contributed by atoms with Crippen LogP contribution in [0.15, 0.2) is 47.6 Å². The molecule has 208 valence electrons. The average molecular weight is 533 g/mol. The van der Waals surface area contributed by atoms with Gasteiger partial charge in [0.15, 0.2) is 5.78 Å². The van der Waals surface area contributed by atoms with E-state index in [4.69, 9.17) is 4.43 Å². The Labute approximate surface area is 233 Å². The first-order chi connectivity index (χ1) is 17.9. The third-order valence-corrected chi connectivity index (χ3v) is 18.0. The van der Waals surface area contributed by atoms with Gasteiger partial charge < -0.3 is 4.43 Å². The molecule has 6 atom stereocenters. The molecule has 3 fully saturated rings. The number of benzene rings is 1. The fourth-order valence-corrected chi connectivity index (χ4v) is 15.5. The van der Waals surface area contributed by atoms with Crippen molar-refractivity contribution in [3.05, 3.63) is 53.1 Å². The molecule has 0 amide bonds. The van der Waals surface area contributed by atoms with E-state index in [1.165, 1.54) is 25.7 Å². The quantitative estimate of drug-likeness (QED) is 0.207. The molecule has 0 spiro atoms. The second kappa shape index (κ2) is 10.2. The lowest BCUT2D eigenvalue weighted by molar-refractivity contribution is -0.130. The van der Waals surface area contributed by atoms with Crippen molar-refractivity contribution < 1.29 is 9.22 Å². The van der Waals surface area contributed by atoms with E-state index >= 15 is 0 Å². The lowest BCUT2D eigenvalue weighted by Gasteiger charge is -2.57. The molecule has 0 radical (unpaired) electrons. The summed E-state index contributed by atoms with van der Waals surface area (Å²) in [5, 5.41) is 0. The fourth-order valence-electron chi connectivity index (χ4n) is 10.0. The van der Waals surface area contributed by atoms with Crippen LogP contribution in [0.4, 0.5) is 0 Å². The van der Waals surface area contributed by atoms with Gasteiger partial charge in [0.05, 0.1) is 6.10 Å². The molecule has 0 aliphatic heterocycles. The lowest BCUT2D eigenvalue weighted by atomic mass is 9.47. The highest BCUT2D eigenvalue weighted by molar-refractivity contribution is 6.77. The zero-order valence-electron chi connectivity index (χ0n) is 25.3. The molecule has 1 unspecified atom stereocenters. The fraction of sp³-hybridized carbons (Fsp3) is 0.686. The third-order valence-electron chi connectivity index (χ3n) is 11.9. The van der Waals surface area contributed by atoms with E-state index in [0.717, 1.165) is 30.4 Å². The van der Waals surface area contributed by atoms with Gasteiger partial charge in [-0.05, 0) is 102 Å². The summed E-state index contributed by atoms with van der Waals surface area (Å²) < 4.78 is 7.27. The van der Waals surface area contributed by atoms with Gasteiger partial charge in [-0.3, -0.25) is 4.79 Å². The van der Waals surface area contributed by atoms with E-state index in [2.05, 4.69) is 97.9 Å². The molecule has 1 aromatic rings. The summed E-state index contributed by atoms with van der Waals surface area (Å²) in [6, 6.07) is 10.4. The molecular weight excluding hydrogens is 480 g/mol. The summed E-state index contributed by atoms with van der Waals surface area (Å²) in [4.78, 5) is 13.8. The maximum Gasteiger partial charge on any atom is 0.201 e. The van der Waals surface area contributed by atoms with Crippen LogP contribution >= 0.6 is 0 Å². The first kappa shape index (κ1) is 28.1. The number of allylic oxidation sites excluding steroid dienone is 2. The first-order valence-electron chi connectivity index (χ1n) is 15.6. The molecule has 2 nitrogen and oxygen atoms in total. The van der Waals surface area contributed by atoms with Crippen molar-refractivity contribution in [1.82, 2.24) is 0 Å². The smallest absolute Gasteiger partial charge is 0.201 e. The maximum atomic E-state index is 13.8. The SMILES string of the molecule is CC(C)[Si](OC1C=C2CC[C@@H]3[C@@H](CC[C@]4(C)C(=O)C(=Cc5ccccc5)C[C@@H]34)[C@@]2(C)CC1)(C(C)C)C(C)C. The summed E-state index contributed by atoms with van der Waals surface area (Å²) in [7, 11) is -1.89. The molecule has 38 heavy (non-hydrogen) atoms. The zero-order valence-corrected chi connectivity index (χ0v) is 26.3. The maximum absolute atomic E-state index is 13.8. The first-order valence-corrected chi connectivity index (χ1v) is 17.8. The summed E-state index contributed by atoms with van der Waals surface area (Å²) in [6.07, 6.45) is 13.1. The molecule has 1 aromatic carbocycles. The van der Waals surface area contributed by atoms with E-state index in [1.54, 1.807) is 5.57 Å². The Balaban J connectivity index is 1.39. The second-order valence-corrected chi connectivity index (χ2v) is 20.0. The van der Waals surface area contributed by atoms with Crippen LogP contribution in [0.2, 0.25) is 16.6 Å². The number of hydrogen-bond acceptors (Lipinski definition) is 2. The minimum Gasteiger partial charge on any atom is -0.410 e. The number of rotatable bonds is 6. The number of hydrogen-bond donors (Lipinski definition) is 0. The molecule has 3 saturated carbocycles. The topological polar surface area (TPSA) is 26.3 Å². The summed E-state index contributed by atoms with van der Waals surface area (Å²) in [6.45, 7) is 19.3. The van der Waals surface area contributed by atoms with Crippen molar-refractivity contribution in [2.75, 3.05) is 0 Å². The Morgan fingerprint density at radius 3 is 2.13 bits per heavy atom. The molecule has 4 aliphatic rings. The van der Waals surface area contributed by atoms with Gasteiger partial charge in [0, 0.05) is 5.41 Å². The molecule has 0 N–H and O–H groups in total. The van der Waals surface area contributed by atoms with Gasteiger partial charge in [-0.2, -0.15) is 0 Å². The van der Waals surface area contributed by atoms with Crippen LogP contribution in [0.25, 0.3) is 6.08 Å². The molecule has 3 heteroatoms. The molecular formula is C35H52O2Si. The standard InChI is InChI=1S/C35H52O2Si/c1-23(2)38(24(3)4,25(5)6)37-29-16-18-34(7)28(22-29)14-15-30-31(34)17-19-35(8)32(30)21-27(33(35)36)20-26-12-10-9-11-13-26/h9-13,20,22-25,29-32H,14-19,21H2,1-8H3/t29?,30-,31-,32+,34+,35+/m1/s1. The largest absolute Gasteiger partial charge is 0.410 e. The molecule has 0 aromatic heterocycles. The predicted octanol–water partition coefficient (Wildman–Crippen LogP) is 9.77. The molecule has 0 saturated heterocycles. The van der Waals surface area contributed by atoms with Crippen LogP contribution in [0.3, 0.4) is 0 Å². The van der Waals surface area contributed by atoms with Gasteiger partial charge in [-0.15, -0.1) is 0 Å². The van der Waals surface area contributed by atoms with Crippen molar-refractivity contribution in [3.63, 3.8) is 0 Å². The normalized spacial score (nSPS) is 36.4. The van der Waals surface area contributed by atoms with E-state index in [1.807, 2.05) is 0 Å². The Morgan fingerprint density at radius 2 is 1.50 bits per heavy atom. The van der Waals surface area contributed by atoms with Crippen LogP contribution in [0.5, 0.6) is 0 Å². The second-order valence-electron chi connectivity index (χ2n) is 14.6. The van der Waals surface area contributed by atoms with Crippen LogP contribution in [-0.4, -0.2) is 20.2 Å². The van der Waals surface area contributed by atoms with Gasteiger partial charge in [0.2, 0.25) is 8.32 Å². The van der Waals surface area contributed by atoms with Gasteiger partial charge in [-0.25, -0.2) is 0 Å². The number of Topliss-reactive ketones (excluding diaryl/α,β-unsaturated/α-hetero) is 1. The van der Waals surface area contributed by atoms with Gasteiger partial charge in [-0.1, -0.05) is 97.4 Å². The molecule has 5 rings (SSSR count). The molecule has 4 aliphatic carbocycles. The van der Waals surface area contributed by atoms with Crippen molar-refractivity contribution in [2.24, 2.45) is 28.6 Å². The Bertz CT molecular complexity index is 1080. The minimum absolute atomic E-state index is 0.170. The predicted molar refractivity (Wildman–Crippen MR) is 162 cm³/mol. The van der Waals surface area contributed by atoms with E-state index in [-0.39, 0.29) is 16.9 Å². The lowest BCUT2D eigenvalue weighted by Crippen LogP contribution is -2.53. The van der Waals surface area contributed by atoms with E-state index in [0.29, 0.717) is 40.2 Å². The number of fused-ring (bicyclic) bond motifs is 5. The highest BCUT2D eigenvalue weighted by Gasteiger charge is 2.60. The van der Waals surface area contributed by atoms with Crippen molar-refractivity contribution in [1.29, 1.82) is 0 Å². The van der Waals surface area contributed by atoms with Crippen molar-refractivity contribution >= 4 is 20.2 Å². The van der Waals surface area contributed by atoms with Crippen LogP contribution < -0.4 is 0 Å². The zero-order chi connectivity index (χ0) is 27.5. The van der Waals surface area contributed by atoms with Crippen LogP contribution in [0, 0.1) is 28.6 Å². The monoisotopic (exact) mass is 532 g/mol. The van der Waals surface area contributed by atoms with Gasteiger partial charge >= 0.3 is 0 Å². The van der Waals surface area contributed by atoms with Gasteiger partial charge in [0.25, 0.3) is 0 Å². The highest BCUT2D eigenvalue weighted by Crippen LogP contribution is 2.65. The highest BCUT2D eigenvalue weighted by atomic mass is 28.4. The average Bonchev–Trinajstić information content (AvgIpc) is 3.12. The summed E-state index contributed by atoms with van der Waals surface area (Å²) >= 11 is 0. The van der Waals surface area contributed by atoms with E-state index in [9.17, 15) is 4.79 Å². The molecule has 0 heterocycles. The molecule has 0 bridgehead atoms. The number of ketones is 1. The summed E-state index contributed by atoms with van der Waals surface area (Å²) in [5.41, 5.74) is 5.90. The van der Waals surface area contributed by atoms with Crippen molar-refractivity contribution in [3.8, 4) is 0 Å². The Hall–Kier alpha value is -1.45. The number of carbonyl (C=O) groups excluding carboxylic acids is 1. The van der Waals surface area contributed by atoms with Crippen molar-refractivity contribution in [2.45, 2.75) is 123 Å². The summed E-state index contributed by atoms with van der Waals surface area (Å²) in [5.74, 6) is 2.30. The van der Waals surface area contributed by atoms with Crippen LogP contribution in [-0.2, 0) is 9.22 Å².